The highest BCUT2D eigenvalue weighted by Gasteiger charge is 2.34. The topological polar surface area (TPSA) is 97.0 Å². The number of carbonyl (C=O) groups excluding carboxylic acids is 3. The van der Waals surface area contributed by atoms with Gasteiger partial charge in [0.2, 0.25) is 5.91 Å². The lowest BCUT2D eigenvalue weighted by atomic mass is 10.1. The molecule has 2 atom stereocenters. The lowest BCUT2D eigenvalue weighted by Gasteiger charge is -2.36. The van der Waals surface area contributed by atoms with Gasteiger partial charge in [0.05, 0.1) is 12.5 Å². The Balaban J connectivity index is 1.57. The number of ether oxygens (including phenoxy) is 2. The predicted octanol–water partition coefficient (Wildman–Crippen LogP) is 0.614. The van der Waals surface area contributed by atoms with Gasteiger partial charge in [0.25, 0.3) is 5.91 Å². The standard InChI is InChI=1S/C19H23N3O5S/c23-16(27-12-14-7-4-10-26-14)11-15-18(25)20-8-9-22(15)19(28)21-17(24)13-5-2-1-3-6-13/h1-3,5-6,14-15H,4,7-12H2,(H,20,25)(H,21,24,28)/t14-,15-/m0/s1. The number of hydrogen-bond acceptors (Lipinski definition) is 6. The first-order valence-corrected chi connectivity index (χ1v) is 9.67. The molecule has 2 fully saturated rings. The number of carbonyl (C=O) groups is 3. The Hall–Kier alpha value is -2.52. The van der Waals surface area contributed by atoms with E-state index >= 15 is 0 Å². The van der Waals surface area contributed by atoms with Crippen molar-refractivity contribution < 1.29 is 23.9 Å². The van der Waals surface area contributed by atoms with Crippen LogP contribution in [0.2, 0.25) is 0 Å². The van der Waals surface area contributed by atoms with Crippen molar-refractivity contribution in [3.05, 3.63) is 35.9 Å². The van der Waals surface area contributed by atoms with Gasteiger partial charge >= 0.3 is 5.97 Å². The van der Waals surface area contributed by atoms with Crippen molar-refractivity contribution in [1.29, 1.82) is 0 Å². The number of nitrogens with one attached hydrogen (secondary N) is 2. The molecule has 1 aromatic carbocycles. The van der Waals surface area contributed by atoms with Crippen LogP contribution in [0.5, 0.6) is 0 Å². The molecule has 8 nitrogen and oxygen atoms in total. The third kappa shape index (κ3) is 5.26. The Labute approximate surface area is 168 Å². The summed E-state index contributed by atoms with van der Waals surface area (Å²) in [5, 5.41) is 5.46. The van der Waals surface area contributed by atoms with Crippen LogP contribution in [0.15, 0.2) is 30.3 Å². The largest absolute Gasteiger partial charge is 0.463 e. The van der Waals surface area contributed by atoms with E-state index in [0.29, 0.717) is 25.3 Å². The summed E-state index contributed by atoms with van der Waals surface area (Å²) in [5.41, 5.74) is 0.457. The predicted molar refractivity (Wildman–Crippen MR) is 105 cm³/mol. The summed E-state index contributed by atoms with van der Waals surface area (Å²) in [5.74, 6) is -1.19. The molecule has 28 heavy (non-hydrogen) atoms. The Morgan fingerprint density at radius 2 is 2.11 bits per heavy atom. The van der Waals surface area contributed by atoms with E-state index in [1.54, 1.807) is 29.2 Å². The zero-order valence-corrected chi connectivity index (χ0v) is 16.2. The molecule has 0 saturated carbocycles. The molecule has 9 heteroatoms. The minimum atomic E-state index is -0.825. The Bertz CT molecular complexity index is 736. The molecular formula is C19H23N3O5S. The summed E-state index contributed by atoms with van der Waals surface area (Å²) >= 11 is 5.33. The molecule has 0 radical (unpaired) electrons. The molecular weight excluding hydrogens is 382 g/mol. The molecule has 2 saturated heterocycles. The molecule has 2 aliphatic heterocycles. The molecule has 1 aromatic rings. The molecule has 0 bridgehead atoms. The van der Waals surface area contributed by atoms with Crippen molar-refractivity contribution in [1.82, 2.24) is 15.5 Å². The second kappa shape index (κ2) is 9.61. The highest BCUT2D eigenvalue weighted by molar-refractivity contribution is 7.80. The zero-order chi connectivity index (χ0) is 19.9. The van der Waals surface area contributed by atoms with E-state index in [-0.39, 0.29) is 36.1 Å². The van der Waals surface area contributed by atoms with E-state index < -0.39 is 12.0 Å². The number of benzene rings is 1. The average Bonchev–Trinajstić information content (AvgIpc) is 3.22. The van der Waals surface area contributed by atoms with Crippen LogP contribution in [0.1, 0.15) is 29.6 Å². The van der Waals surface area contributed by atoms with Gasteiger partial charge in [0.15, 0.2) is 5.11 Å². The van der Waals surface area contributed by atoms with Crippen LogP contribution < -0.4 is 10.6 Å². The SMILES string of the molecule is O=C(C[C@H]1C(=O)NCCN1C(=S)NC(=O)c1ccccc1)OC[C@@H]1CCCO1. The van der Waals surface area contributed by atoms with Crippen molar-refractivity contribution in [2.45, 2.75) is 31.4 Å². The summed E-state index contributed by atoms with van der Waals surface area (Å²) in [6.45, 7) is 1.63. The first-order chi connectivity index (χ1) is 13.5. The number of hydrogen-bond donors (Lipinski definition) is 2. The van der Waals surface area contributed by atoms with E-state index in [1.165, 1.54) is 0 Å². The monoisotopic (exact) mass is 405 g/mol. The van der Waals surface area contributed by atoms with E-state index in [0.717, 1.165) is 12.8 Å². The smallest absolute Gasteiger partial charge is 0.308 e. The van der Waals surface area contributed by atoms with Crippen molar-refractivity contribution in [2.24, 2.45) is 0 Å². The third-order valence-corrected chi connectivity index (χ3v) is 5.00. The maximum absolute atomic E-state index is 12.3. The minimum absolute atomic E-state index is 0.0773. The van der Waals surface area contributed by atoms with Crippen LogP contribution in [-0.2, 0) is 19.1 Å². The van der Waals surface area contributed by atoms with Gasteiger partial charge in [-0.3, -0.25) is 19.7 Å². The van der Waals surface area contributed by atoms with Crippen LogP contribution >= 0.6 is 12.2 Å². The molecule has 2 N–H and O–H groups in total. The van der Waals surface area contributed by atoms with Gasteiger partial charge in [-0.2, -0.15) is 0 Å². The third-order valence-electron chi connectivity index (χ3n) is 4.66. The van der Waals surface area contributed by atoms with Crippen molar-refractivity contribution in [3.63, 3.8) is 0 Å². The average molecular weight is 405 g/mol. The van der Waals surface area contributed by atoms with Gasteiger partial charge in [-0.15, -0.1) is 0 Å². The lowest BCUT2D eigenvalue weighted by molar-refractivity contribution is -0.150. The van der Waals surface area contributed by atoms with Crippen LogP contribution in [0.4, 0.5) is 0 Å². The van der Waals surface area contributed by atoms with E-state index in [2.05, 4.69) is 10.6 Å². The summed E-state index contributed by atoms with van der Waals surface area (Å²) in [6, 6.07) is 7.82. The van der Waals surface area contributed by atoms with Crippen LogP contribution in [0.3, 0.4) is 0 Å². The van der Waals surface area contributed by atoms with Gasteiger partial charge in [-0.1, -0.05) is 18.2 Å². The minimum Gasteiger partial charge on any atom is -0.463 e. The number of rotatable bonds is 5. The van der Waals surface area contributed by atoms with Gasteiger partial charge in [0.1, 0.15) is 12.6 Å². The van der Waals surface area contributed by atoms with Gasteiger partial charge in [-0.05, 0) is 37.2 Å². The fraction of sp³-hybridized carbons (Fsp3) is 0.474. The highest BCUT2D eigenvalue weighted by Crippen LogP contribution is 2.14. The Morgan fingerprint density at radius 1 is 1.32 bits per heavy atom. The van der Waals surface area contributed by atoms with Crippen LogP contribution in [-0.4, -0.2) is 66.2 Å². The molecule has 2 heterocycles. The van der Waals surface area contributed by atoms with Gasteiger partial charge in [-0.25, -0.2) is 0 Å². The molecule has 2 amide bonds. The van der Waals surface area contributed by atoms with Crippen LogP contribution in [0.25, 0.3) is 0 Å². The molecule has 2 aliphatic rings. The summed E-state index contributed by atoms with van der Waals surface area (Å²) in [6.07, 6.45) is 1.58. The number of amides is 2. The van der Waals surface area contributed by atoms with E-state index in [9.17, 15) is 14.4 Å². The quantitative estimate of drug-likeness (QED) is 0.547. The first-order valence-electron chi connectivity index (χ1n) is 9.26. The molecule has 150 valence electrons. The molecule has 0 spiro atoms. The maximum Gasteiger partial charge on any atom is 0.308 e. The van der Waals surface area contributed by atoms with Crippen molar-refractivity contribution in [3.8, 4) is 0 Å². The zero-order valence-electron chi connectivity index (χ0n) is 15.4. The molecule has 3 rings (SSSR count). The van der Waals surface area contributed by atoms with Crippen molar-refractivity contribution in [2.75, 3.05) is 26.3 Å². The van der Waals surface area contributed by atoms with Crippen molar-refractivity contribution >= 4 is 35.1 Å². The Kier molecular flexibility index (Phi) is 6.94. The normalized spacial score (nSPS) is 21.7. The van der Waals surface area contributed by atoms with Gasteiger partial charge < -0.3 is 19.7 Å². The van der Waals surface area contributed by atoms with Gasteiger partial charge in [0, 0.05) is 25.3 Å². The van der Waals surface area contributed by atoms with Crippen LogP contribution in [0, 0.1) is 0 Å². The number of thiocarbonyl (C=S) groups is 1. The number of nitrogens with zero attached hydrogens (tertiary/aromatic N) is 1. The fourth-order valence-electron chi connectivity index (χ4n) is 3.17. The highest BCUT2D eigenvalue weighted by atomic mass is 32.1. The molecule has 0 unspecified atom stereocenters. The maximum atomic E-state index is 12.3. The second-order valence-corrected chi connectivity index (χ2v) is 7.03. The number of piperazine rings is 1. The molecule has 0 aliphatic carbocycles. The Morgan fingerprint density at radius 3 is 2.82 bits per heavy atom. The van der Waals surface area contributed by atoms with E-state index in [1.807, 2.05) is 6.07 Å². The second-order valence-electron chi connectivity index (χ2n) is 6.65. The molecule has 0 aromatic heterocycles. The summed E-state index contributed by atoms with van der Waals surface area (Å²) < 4.78 is 10.7. The first kappa shape index (κ1) is 20.2. The summed E-state index contributed by atoms with van der Waals surface area (Å²) in [7, 11) is 0. The summed E-state index contributed by atoms with van der Waals surface area (Å²) in [4.78, 5) is 38.4. The fourth-order valence-corrected chi connectivity index (χ4v) is 3.48. The van der Waals surface area contributed by atoms with E-state index in [4.69, 9.17) is 21.7 Å². The number of esters is 1. The lowest BCUT2D eigenvalue weighted by Crippen LogP contribution is -2.60.